The zero-order valence-corrected chi connectivity index (χ0v) is 11.2. The Morgan fingerprint density at radius 3 is 2.67 bits per heavy atom. The topological polar surface area (TPSA) is 24.4 Å². The number of rotatable bonds is 4. The van der Waals surface area contributed by atoms with E-state index < -0.39 is 0 Å². The fourth-order valence-corrected chi connectivity index (χ4v) is 1.90. The number of alkyl halides is 1. The summed E-state index contributed by atoms with van der Waals surface area (Å²) in [5, 5.41) is 4.60. The summed E-state index contributed by atoms with van der Waals surface area (Å²) in [7, 11) is 0. The van der Waals surface area contributed by atoms with Crippen molar-refractivity contribution >= 4 is 27.8 Å². The molecule has 0 amide bonds. The number of anilines is 1. The number of hydrazone groups is 1. The minimum Gasteiger partial charge on any atom is -0.279 e. The van der Waals surface area contributed by atoms with E-state index in [1.165, 1.54) is 6.07 Å². The standard InChI is InChI=1S/C14H12BrFN2/c15-9-12-8-11(6-7-14(12)16)10-17-18-13-4-2-1-3-5-13/h1-8,10,18H,9H2. The van der Waals surface area contributed by atoms with Crippen LogP contribution in [-0.4, -0.2) is 6.21 Å². The van der Waals surface area contributed by atoms with Crippen molar-refractivity contribution in [1.82, 2.24) is 0 Å². The Morgan fingerprint density at radius 1 is 1.17 bits per heavy atom. The van der Waals surface area contributed by atoms with E-state index in [1.54, 1.807) is 18.3 Å². The average molecular weight is 307 g/mol. The van der Waals surface area contributed by atoms with Gasteiger partial charge in [0, 0.05) is 5.33 Å². The van der Waals surface area contributed by atoms with Gasteiger partial charge < -0.3 is 0 Å². The molecule has 0 aromatic heterocycles. The lowest BCUT2D eigenvalue weighted by Crippen LogP contribution is -1.93. The van der Waals surface area contributed by atoms with Gasteiger partial charge in [0.15, 0.2) is 0 Å². The van der Waals surface area contributed by atoms with Crippen LogP contribution in [0.3, 0.4) is 0 Å². The number of benzene rings is 2. The third-order valence-corrected chi connectivity index (χ3v) is 3.00. The van der Waals surface area contributed by atoms with Gasteiger partial charge in [0.05, 0.1) is 11.9 Å². The average Bonchev–Trinajstić information content (AvgIpc) is 2.42. The van der Waals surface area contributed by atoms with Gasteiger partial charge in [-0.25, -0.2) is 4.39 Å². The second-order valence-corrected chi connectivity index (χ2v) is 4.28. The Labute approximate surface area is 114 Å². The van der Waals surface area contributed by atoms with Crippen molar-refractivity contribution in [2.24, 2.45) is 5.10 Å². The third-order valence-electron chi connectivity index (χ3n) is 2.39. The molecule has 0 aliphatic carbocycles. The number of hydrogen-bond donors (Lipinski definition) is 1. The smallest absolute Gasteiger partial charge is 0.127 e. The molecular weight excluding hydrogens is 295 g/mol. The van der Waals surface area contributed by atoms with Gasteiger partial charge >= 0.3 is 0 Å². The van der Waals surface area contributed by atoms with Crippen LogP contribution in [0.25, 0.3) is 0 Å². The van der Waals surface area contributed by atoms with Crippen molar-refractivity contribution in [2.75, 3.05) is 5.43 Å². The lowest BCUT2D eigenvalue weighted by atomic mass is 10.1. The highest BCUT2D eigenvalue weighted by Crippen LogP contribution is 2.13. The minimum absolute atomic E-state index is 0.208. The van der Waals surface area contributed by atoms with Crippen LogP contribution in [0.2, 0.25) is 0 Å². The SMILES string of the molecule is Fc1ccc(C=NNc2ccccc2)cc1CBr. The highest BCUT2D eigenvalue weighted by molar-refractivity contribution is 9.08. The summed E-state index contributed by atoms with van der Waals surface area (Å²) in [5.41, 5.74) is 5.30. The molecule has 0 saturated heterocycles. The molecule has 0 unspecified atom stereocenters. The molecule has 0 heterocycles. The molecule has 0 aliphatic rings. The van der Waals surface area contributed by atoms with Gasteiger partial charge in [-0.05, 0) is 35.4 Å². The Hall–Kier alpha value is -1.68. The zero-order valence-electron chi connectivity index (χ0n) is 9.61. The molecule has 0 atom stereocenters. The van der Waals surface area contributed by atoms with E-state index in [9.17, 15) is 4.39 Å². The van der Waals surface area contributed by atoms with E-state index in [0.29, 0.717) is 10.9 Å². The van der Waals surface area contributed by atoms with Crippen LogP contribution in [0.15, 0.2) is 53.6 Å². The molecule has 2 rings (SSSR count). The van der Waals surface area contributed by atoms with Gasteiger partial charge in [0.2, 0.25) is 0 Å². The van der Waals surface area contributed by atoms with Crippen molar-refractivity contribution in [3.63, 3.8) is 0 Å². The molecule has 0 fully saturated rings. The maximum absolute atomic E-state index is 13.3. The predicted octanol–water partition coefficient (Wildman–Crippen LogP) is 4.17. The number of nitrogens with one attached hydrogen (secondary N) is 1. The number of halogens is 2. The van der Waals surface area contributed by atoms with Gasteiger partial charge in [-0.2, -0.15) is 5.10 Å². The van der Waals surface area contributed by atoms with Crippen LogP contribution >= 0.6 is 15.9 Å². The van der Waals surface area contributed by atoms with Gasteiger partial charge in [-0.1, -0.05) is 40.2 Å². The van der Waals surface area contributed by atoms with E-state index in [4.69, 9.17) is 0 Å². The highest BCUT2D eigenvalue weighted by Gasteiger charge is 2.00. The predicted molar refractivity (Wildman–Crippen MR) is 76.7 cm³/mol. The fraction of sp³-hybridized carbons (Fsp3) is 0.0714. The summed E-state index contributed by atoms with van der Waals surface area (Å²) in [6, 6.07) is 14.5. The third kappa shape index (κ3) is 3.40. The van der Waals surface area contributed by atoms with Gasteiger partial charge in [0.1, 0.15) is 5.82 Å². The Kier molecular flexibility index (Phi) is 4.47. The first-order chi connectivity index (χ1) is 8.79. The molecule has 2 aromatic carbocycles. The maximum Gasteiger partial charge on any atom is 0.127 e. The Bertz CT molecular complexity index is 541. The van der Waals surface area contributed by atoms with Crippen molar-refractivity contribution in [3.8, 4) is 0 Å². The van der Waals surface area contributed by atoms with Crippen LogP contribution in [0.4, 0.5) is 10.1 Å². The van der Waals surface area contributed by atoms with E-state index in [2.05, 4.69) is 26.5 Å². The summed E-state index contributed by atoms with van der Waals surface area (Å²) in [6.45, 7) is 0. The van der Waals surface area contributed by atoms with E-state index in [0.717, 1.165) is 11.3 Å². The van der Waals surface area contributed by atoms with E-state index in [-0.39, 0.29) is 5.82 Å². The number of nitrogens with zero attached hydrogens (tertiary/aromatic N) is 1. The maximum atomic E-state index is 13.3. The van der Waals surface area contributed by atoms with E-state index in [1.807, 2.05) is 30.3 Å². The lowest BCUT2D eigenvalue weighted by Gasteiger charge is -2.01. The normalized spacial score (nSPS) is 10.8. The van der Waals surface area contributed by atoms with Crippen LogP contribution in [-0.2, 0) is 5.33 Å². The monoisotopic (exact) mass is 306 g/mol. The summed E-state index contributed by atoms with van der Waals surface area (Å²) < 4.78 is 13.3. The van der Waals surface area contributed by atoms with Crippen LogP contribution in [0, 0.1) is 5.82 Å². The van der Waals surface area contributed by atoms with Crippen molar-refractivity contribution in [1.29, 1.82) is 0 Å². The first kappa shape index (κ1) is 12.8. The van der Waals surface area contributed by atoms with Crippen molar-refractivity contribution in [3.05, 3.63) is 65.5 Å². The van der Waals surface area contributed by atoms with Crippen LogP contribution in [0.5, 0.6) is 0 Å². The molecule has 1 N–H and O–H groups in total. The van der Waals surface area contributed by atoms with Crippen molar-refractivity contribution < 1.29 is 4.39 Å². The second kappa shape index (κ2) is 6.31. The van der Waals surface area contributed by atoms with Gasteiger partial charge in [0.25, 0.3) is 0 Å². The first-order valence-corrected chi connectivity index (χ1v) is 6.60. The molecule has 92 valence electrons. The molecule has 0 bridgehead atoms. The summed E-state index contributed by atoms with van der Waals surface area (Å²) in [5.74, 6) is -0.208. The molecule has 18 heavy (non-hydrogen) atoms. The quantitative estimate of drug-likeness (QED) is 0.512. The molecule has 0 aliphatic heterocycles. The number of para-hydroxylation sites is 1. The molecular formula is C14H12BrFN2. The number of hydrogen-bond acceptors (Lipinski definition) is 2. The zero-order chi connectivity index (χ0) is 12.8. The largest absolute Gasteiger partial charge is 0.279 e. The minimum atomic E-state index is -0.208. The summed E-state index contributed by atoms with van der Waals surface area (Å²) >= 11 is 3.25. The van der Waals surface area contributed by atoms with Crippen LogP contribution in [0.1, 0.15) is 11.1 Å². The molecule has 0 radical (unpaired) electrons. The first-order valence-electron chi connectivity index (χ1n) is 5.48. The second-order valence-electron chi connectivity index (χ2n) is 3.72. The summed E-state index contributed by atoms with van der Waals surface area (Å²) in [6.07, 6.45) is 1.67. The Balaban J connectivity index is 2.05. The van der Waals surface area contributed by atoms with Gasteiger partial charge in [-0.3, -0.25) is 5.43 Å². The Morgan fingerprint density at radius 2 is 1.94 bits per heavy atom. The van der Waals surface area contributed by atoms with Gasteiger partial charge in [-0.15, -0.1) is 0 Å². The van der Waals surface area contributed by atoms with Crippen molar-refractivity contribution in [2.45, 2.75) is 5.33 Å². The molecule has 4 heteroatoms. The molecule has 2 aromatic rings. The lowest BCUT2D eigenvalue weighted by molar-refractivity contribution is 0.617. The summed E-state index contributed by atoms with van der Waals surface area (Å²) in [4.78, 5) is 0. The molecule has 0 spiro atoms. The van der Waals surface area contributed by atoms with Crippen LogP contribution < -0.4 is 5.43 Å². The van der Waals surface area contributed by atoms with E-state index >= 15 is 0 Å². The fourth-order valence-electron chi connectivity index (χ4n) is 1.47. The molecule has 2 nitrogen and oxygen atoms in total. The molecule has 0 saturated carbocycles. The highest BCUT2D eigenvalue weighted by atomic mass is 79.9.